The molecule has 6 nitrogen and oxygen atoms in total. The van der Waals surface area contributed by atoms with Gasteiger partial charge in [0.2, 0.25) is 11.8 Å². The van der Waals surface area contributed by atoms with Crippen LogP contribution in [-0.4, -0.2) is 67.0 Å². The van der Waals surface area contributed by atoms with Gasteiger partial charge in [-0.1, -0.05) is 30.3 Å². The van der Waals surface area contributed by atoms with Crippen LogP contribution >= 0.6 is 0 Å². The van der Waals surface area contributed by atoms with Gasteiger partial charge in [-0.05, 0) is 55.8 Å². The van der Waals surface area contributed by atoms with E-state index in [0.29, 0.717) is 26.3 Å². The number of ether oxygens (including phenoxy) is 1. The van der Waals surface area contributed by atoms with E-state index in [4.69, 9.17) is 4.74 Å². The van der Waals surface area contributed by atoms with E-state index in [1.54, 1.807) is 0 Å². The number of rotatable bonds is 4. The Morgan fingerprint density at radius 2 is 1.69 bits per heavy atom. The second kappa shape index (κ2) is 8.93. The fraction of sp³-hybridized carbons (Fsp3) is 0.478. The third kappa shape index (κ3) is 4.60. The Kier molecular flexibility index (Phi) is 6.11. The minimum Gasteiger partial charge on any atom is -0.378 e. The number of hydrogen-bond donors (Lipinski definition) is 1. The first-order chi connectivity index (χ1) is 14.1. The van der Waals surface area contributed by atoms with Crippen molar-refractivity contribution < 1.29 is 14.3 Å². The van der Waals surface area contributed by atoms with Crippen LogP contribution in [0.15, 0.2) is 42.5 Å². The van der Waals surface area contributed by atoms with Gasteiger partial charge < -0.3 is 15.0 Å². The molecule has 6 heteroatoms. The molecular weight excluding hydrogens is 366 g/mol. The Hall–Kier alpha value is -2.44. The van der Waals surface area contributed by atoms with Gasteiger partial charge in [0, 0.05) is 24.7 Å². The van der Waals surface area contributed by atoms with E-state index < -0.39 is 0 Å². The number of morpholine rings is 1. The molecule has 0 aromatic heterocycles. The Bertz CT molecular complexity index is 871. The number of fused-ring (bicyclic) bond motifs is 1. The molecule has 0 bridgehead atoms. The number of likely N-dealkylation sites (tertiary alicyclic amines) is 1. The topological polar surface area (TPSA) is 61.9 Å². The first kappa shape index (κ1) is 19.9. The second-order valence-corrected chi connectivity index (χ2v) is 7.98. The number of nitrogens with one attached hydrogen (secondary N) is 1. The number of piperidine rings is 1. The van der Waals surface area contributed by atoms with E-state index in [0.717, 1.165) is 42.4 Å². The average Bonchev–Trinajstić information content (AvgIpc) is 2.78. The molecule has 2 fully saturated rings. The lowest BCUT2D eigenvalue weighted by molar-refractivity contribution is -0.141. The van der Waals surface area contributed by atoms with Crippen molar-refractivity contribution in [1.82, 2.24) is 9.80 Å². The molecule has 2 aromatic carbocycles. The van der Waals surface area contributed by atoms with E-state index in [2.05, 4.69) is 16.3 Å². The van der Waals surface area contributed by atoms with Gasteiger partial charge in [-0.25, -0.2) is 0 Å². The number of amides is 2. The van der Waals surface area contributed by atoms with Crippen molar-refractivity contribution >= 4 is 28.3 Å². The number of hydrogen-bond acceptors (Lipinski definition) is 4. The summed E-state index contributed by atoms with van der Waals surface area (Å²) in [5.41, 5.74) is 0.818. The molecule has 0 saturated carbocycles. The molecule has 2 aromatic rings. The number of carbonyl (C=O) groups excluding carboxylic acids is 2. The monoisotopic (exact) mass is 395 g/mol. The molecule has 154 valence electrons. The minimum absolute atomic E-state index is 0.00163. The zero-order valence-electron chi connectivity index (χ0n) is 17.0. The number of carbonyl (C=O) groups is 2. The van der Waals surface area contributed by atoms with E-state index in [1.807, 2.05) is 48.2 Å². The lowest BCUT2D eigenvalue weighted by atomic mass is 9.94. The summed E-state index contributed by atoms with van der Waals surface area (Å²) in [6, 6.07) is 13.9. The summed E-state index contributed by atoms with van der Waals surface area (Å²) in [5, 5.41) is 5.32. The van der Waals surface area contributed by atoms with Crippen molar-refractivity contribution in [2.45, 2.75) is 25.8 Å². The SMILES string of the molecule is CC(C(=O)Nc1ccc2ccccc2c1)N1CCC(C(=O)N2CCOCC2)CC1. The van der Waals surface area contributed by atoms with Crippen molar-refractivity contribution in [1.29, 1.82) is 0 Å². The van der Waals surface area contributed by atoms with Crippen LogP contribution in [0.3, 0.4) is 0 Å². The molecule has 2 saturated heterocycles. The molecule has 2 aliphatic rings. The molecule has 0 spiro atoms. The van der Waals surface area contributed by atoms with Gasteiger partial charge in [0.15, 0.2) is 0 Å². The molecule has 4 rings (SSSR count). The quantitative estimate of drug-likeness (QED) is 0.865. The maximum atomic E-state index is 12.8. The maximum Gasteiger partial charge on any atom is 0.241 e. The van der Waals surface area contributed by atoms with Gasteiger partial charge in [-0.3, -0.25) is 14.5 Å². The highest BCUT2D eigenvalue weighted by Gasteiger charge is 2.32. The van der Waals surface area contributed by atoms with Gasteiger partial charge in [-0.15, -0.1) is 0 Å². The Labute approximate surface area is 171 Å². The van der Waals surface area contributed by atoms with Gasteiger partial charge in [0.05, 0.1) is 19.3 Å². The predicted octanol–water partition coefficient (Wildman–Crippen LogP) is 2.74. The van der Waals surface area contributed by atoms with Crippen molar-refractivity contribution in [3.8, 4) is 0 Å². The van der Waals surface area contributed by atoms with E-state index in [-0.39, 0.29) is 23.8 Å². The molecule has 29 heavy (non-hydrogen) atoms. The van der Waals surface area contributed by atoms with Gasteiger partial charge >= 0.3 is 0 Å². The zero-order chi connectivity index (χ0) is 20.2. The largest absolute Gasteiger partial charge is 0.378 e. The molecular formula is C23H29N3O3. The fourth-order valence-electron chi connectivity index (χ4n) is 4.26. The molecule has 2 amide bonds. The summed E-state index contributed by atoms with van der Waals surface area (Å²) in [6.07, 6.45) is 1.62. The Balaban J connectivity index is 1.30. The van der Waals surface area contributed by atoms with Crippen LogP contribution in [0.5, 0.6) is 0 Å². The number of benzene rings is 2. The molecule has 2 heterocycles. The smallest absolute Gasteiger partial charge is 0.241 e. The van der Waals surface area contributed by atoms with Crippen LogP contribution in [-0.2, 0) is 14.3 Å². The van der Waals surface area contributed by atoms with Crippen LogP contribution in [0.1, 0.15) is 19.8 Å². The molecule has 0 aliphatic carbocycles. The zero-order valence-corrected chi connectivity index (χ0v) is 17.0. The van der Waals surface area contributed by atoms with Crippen molar-refractivity contribution in [3.63, 3.8) is 0 Å². The normalized spacial score (nSPS) is 19.8. The number of anilines is 1. The van der Waals surface area contributed by atoms with Gasteiger partial charge in [0.1, 0.15) is 0 Å². The molecule has 1 N–H and O–H groups in total. The number of nitrogens with zero attached hydrogens (tertiary/aromatic N) is 2. The van der Waals surface area contributed by atoms with Crippen molar-refractivity contribution in [2.75, 3.05) is 44.7 Å². The van der Waals surface area contributed by atoms with E-state index in [1.165, 1.54) is 0 Å². The third-order valence-corrected chi connectivity index (χ3v) is 6.15. The third-order valence-electron chi connectivity index (χ3n) is 6.15. The van der Waals surface area contributed by atoms with Gasteiger partial charge in [-0.2, -0.15) is 0 Å². The van der Waals surface area contributed by atoms with Crippen LogP contribution in [0, 0.1) is 5.92 Å². The lowest BCUT2D eigenvalue weighted by Gasteiger charge is -2.37. The summed E-state index contributed by atoms with van der Waals surface area (Å²) in [6.45, 7) is 6.15. The maximum absolute atomic E-state index is 12.8. The van der Waals surface area contributed by atoms with Gasteiger partial charge in [0.25, 0.3) is 0 Å². The highest BCUT2D eigenvalue weighted by atomic mass is 16.5. The molecule has 1 unspecified atom stereocenters. The van der Waals surface area contributed by atoms with Crippen LogP contribution in [0.2, 0.25) is 0 Å². The second-order valence-electron chi connectivity index (χ2n) is 7.98. The average molecular weight is 396 g/mol. The van der Waals surface area contributed by atoms with Crippen LogP contribution in [0.4, 0.5) is 5.69 Å². The molecule has 0 radical (unpaired) electrons. The minimum atomic E-state index is -0.221. The van der Waals surface area contributed by atoms with E-state index in [9.17, 15) is 9.59 Å². The summed E-state index contributed by atoms with van der Waals surface area (Å²) in [4.78, 5) is 29.6. The van der Waals surface area contributed by atoms with Crippen LogP contribution < -0.4 is 5.32 Å². The summed E-state index contributed by atoms with van der Waals surface area (Å²) in [5.74, 6) is 0.319. The lowest BCUT2D eigenvalue weighted by Crippen LogP contribution is -2.50. The fourth-order valence-corrected chi connectivity index (χ4v) is 4.26. The molecule has 2 aliphatic heterocycles. The standard InChI is InChI=1S/C23H29N3O3/c1-17(22(27)24-21-7-6-18-4-2-3-5-20(18)16-21)25-10-8-19(9-11-25)23(28)26-12-14-29-15-13-26/h2-7,16-17,19H,8-15H2,1H3,(H,24,27). The van der Waals surface area contributed by atoms with E-state index >= 15 is 0 Å². The van der Waals surface area contributed by atoms with Crippen molar-refractivity contribution in [3.05, 3.63) is 42.5 Å². The highest BCUT2D eigenvalue weighted by Crippen LogP contribution is 2.23. The first-order valence-corrected chi connectivity index (χ1v) is 10.5. The first-order valence-electron chi connectivity index (χ1n) is 10.5. The summed E-state index contributed by atoms with van der Waals surface area (Å²) >= 11 is 0. The van der Waals surface area contributed by atoms with Crippen LogP contribution in [0.25, 0.3) is 10.8 Å². The summed E-state index contributed by atoms with van der Waals surface area (Å²) in [7, 11) is 0. The molecule has 1 atom stereocenters. The summed E-state index contributed by atoms with van der Waals surface area (Å²) < 4.78 is 5.34. The Morgan fingerprint density at radius 1 is 1.00 bits per heavy atom. The highest BCUT2D eigenvalue weighted by molar-refractivity contribution is 5.97. The van der Waals surface area contributed by atoms with Crippen molar-refractivity contribution in [2.24, 2.45) is 5.92 Å². The predicted molar refractivity (Wildman–Crippen MR) is 114 cm³/mol. The Morgan fingerprint density at radius 3 is 2.41 bits per heavy atom.